The quantitative estimate of drug-likeness (QED) is 0.662. The molecule has 20 heavy (non-hydrogen) atoms. The highest BCUT2D eigenvalue weighted by Gasteiger charge is 2.13. The average Bonchev–Trinajstić information content (AvgIpc) is 2.42. The first-order chi connectivity index (χ1) is 9.65. The van der Waals surface area contributed by atoms with E-state index in [1.165, 1.54) is 44.2 Å². The Labute approximate surface area is 124 Å². The lowest BCUT2D eigenvalue weighted by atomic mass is 9.96. The van der Waals surface area contributed by atoms with Gasteiger partial charge in [0.15, 0.2) is 5.96 Å². The fraction of sp³-hybridized carbons (Fsp3) is 0.533. The molecule has 1 aliphatic carbocycles. The fourth-order valence-electron chi connectivity index (χ4n) is 2.52. The van der Waals surface area contributed by atoms with Crippen LogP contribution in [-0.4, -0.2) is 18.5 Å². The van der Waals surface area contributed by atoms with Gasteiger partial charge in [-0.25, -0.2) is 4.39 Å². The Morgan fingerprint density at radius 3 is 2.80 bits per heavy atom. The SMILES string of the molecule is NC(=NCCc1ccc(F)cc1Cl)NC1CCCCC1. The maximum absolute atomic E-state index is 12.9. The molecule has 1 aromatic rings. The van der Waals surface area contributed by atoms with Crippen molar-refractivity contribution in [3.8, 4) is 0 Å². The molecule has 0 saturated heterocycles. The summed E-state index contributed by atoms with van der Waals surface area (Å²) in [5.41, 5.74) is 6.77. The molecule has 0 radical (unpaired) electrons. The van der Waals surface area contributed by atoms with Crippen molar-refractivity contribution in [2.24, 2.45) is 10.7 Å². The van der Waals surface area contributed by atoms with Crippen molar-refractivity contribution in [3.05, 3.63) is 34.6 Å². The van der Waals surface area contributed by atoms with Crippen molar-refractivity contribution in [2.45, 2.75) is 44.6 Å². The van der Waals surface area contributed by atoms with Crippen LogP contribution < -0.4 is 11.1 Å². The lowest BCUT2D eigenvalue weighted by Gasteiger charge is -2.23. The van der Waals surface area contributed by atoms with E-state index in [0.29, 0.717) is 30.0 Å². The molecule has 0 aliphatic heterocycles. The van der Waals surface area contributed by atoms with Crippen LogP contribution in [0.3, 0.4) is 0 Å². The van der Waals surface area contributed by atoms with Crippen LogP contribution in [-0.2, 0) is 6.42 Å². The largest absolute Gasteiger partial charge is 0.370 e. The van der Waals surface area contributed by atoms with Crippen molar-refractivity contribution in [3.63, 3.8) is 0 Å². The Morgan fingerprint density at radius 1 is 1.35 bits per heavy atom. The first-order valence-corrected chi connectivity index (χ1v) is 7.53. The minimum atomic E-state index is -0.319. The average molecular weight is 298 g/mol. The topological polar surface area (TPSA) is 50.4 Å². The van der Waals surface area contributed by atoms with Gasteiger partial charge in [-0.1, -0.05) is 36.9 Å². The molecule has 0 atom stereocenters. The molecule has 1 aliphatic rings. The molecule has 1 aromatic carbocycles. The zero-order chi connectivity index (χ0) is 14.4. The predicted octanol–water partition coefficient (Wildman–Crippen LogP) is 3.26. The number of nitrogens with one attached hydrogen (secondary N) is 1. The summed E-state index contributed by atoms with van der Waals surface area (Å²) in [7, 11) is 0. The van der Waals surface area contributed by atoms with Crippen LogP contribution in [0.15, 0.2) is 23.2 Å². The molecule has 110 valence electrons. The highest BCUT2D eigenvalue weighted by molar-refractivity contribution is 6.31. The molecule has 0 heterocycles. The highest BCUT2D eigenvalue weighted by atomic mass is 35.5. The first-order valence-electron chi connectivity index (χ1n) is 7.15. The van der Waals surface area contributed by atoms with E-state index in [1.54, 1.807) is 6.07 Å². The summed E-state index contributed by atoms with van der Waals surface area (Å²) < 4.78 is 12.9. The summed E-state index contributed by atoms with van der Waals surface area (Å²) in [5, 5.41) is 3.71. The van der Waals surface area contributed by atoms with Crippen molar-refractivity contribution in [2.75, 3.05) is 6.54 Å². The van der Waals surface area contributed by atoms with E-state index >= 15 is 0 Å². The van der Waals surface area contributed by atoms with Crippen LogP contribution in [0.25, 0.3) is 0 Å². The van der Waals surface area contributed by atoms with Crippen molar-refractivity contribution >= 4 is 17.6 Å². The van der Waals surface area contributed by atoms with E-state index < -0.39 is 0 Å². The number of hydrogen-bond donors (Lipinski definition) is 2. The number of hydrogen-bond acceptors (Lipinski definition) is 1. The van der Waals surface area contributed by atoms with Crippen LogP contribution in [0, 0.1) is 5.82 Å². The second-order valence-corrected chi connectivity index (χ2v) is 5.64. The molecule has 5 heteroatoms. The second-order valence-electron chi connectivity index (χ2n) is 5.23. The summed E-state index contributed by atoms with van der Waals surface area (Å²) in [6.07, 6.45) is 6.83. The maximum Gasteiger partial charge on any atom is 0.188 e. The van der Waals surface area contributed by atoms with Gasteiger partial charge < -0.3 is 11.1 Å². The molecular weight excluding hydrogens is 277 g/mol. The number of nitrogens with two attached hydrogens (primary N) is 1. The van der Waals surface area contributed by atoms with E-state index in [2.05, 4.69) is 10.3 Å². The summed E-state index contributed by atoms with van der Waals surface area (Å²) in [4.78, 5) is 4.31. The van der Waals surface area contributed by atoms with Gasteiger partial charge in [0.05, 0.1) is 0 Å². The molecule has 0 spiro atoms. The van der Waals surface area contributed by atoms with Gasteiger partial charge in [0.25, 0.3) is 0 Å². The van der Waals surface area contributed by atoms with E-state index in [0.717, 1.165) is 5.56 Å². The summed E-state index contributed by atoms with van der Waals surface area (Å²) in [6.45, 7) is 0.552. The number of guanidine groups is 1. The van der Waals surface area contributed by atoms with E-state index in [9.17, 15) is 4.39 Å². The Hall–Kier alpha value is -1.29. The molecular formula is C15H21ClFN3. The van der Waals surface area contributed by atoms with Crippen LogP contribution >= 0.6 is 11.6 Å². The van der Waals surface area contributed by atoms with Gasteiger partial charge in [-0.2, -0.15) is 0 Å². The Kier molecular flexibility index (Phi) is 5.65. The van der Waals surface area contributed by atoms with Crippen molar-refractivity contribution in [1.82, 2.24) is 5.32 Å². The van der Waals surface area contributed by atoms with Crippen LogP contribution in [0.1, 0.15) is 37.7 Å². The predicted molar refractivity (Wildman–Crippen MR) is 81.6 cm³/mol. The second kappa shape index (κ2) is 7.48. The smallest absolute Gasteiger partial charge is 0.188 e. The summed E-state index contributed by atoms with van der Waals surface area (Å²) >= 11 is 5.97. The monoisotopic (exact) mass is 297 g/mol. The summed E-state index contributed by atoms with van der Waals surface area (Å²) in [5.74, 6) is 0.177. The van der Waals surface area contributed by atoms with Crippen molar-refractivity contribution < 1.29 is 4.39 Å². The number of rotatable bonds is 4. The third-order valence-electron chi connectivity index (χ3n) is 3.64. The number of benzene rings is 1. The van der Waals surface area contributed by atoms with Gasteiger partial charge >= 0.3 is 0 Å². The van der Waals surface area contributed by atoms with E-state index in [-0.39, 0.29) is 5.82 Å². The van der Waals surface area contributed by atoms with Gasteiger partial charge in [0.2, 0.25) is 0 Å². The minimum absolute atomic E-state index is 0.319. The molecule has 2 rings (SSSR count). The van der Waals surface area contributed by atoms with Crippen molar-refractivity contribution in [1.29, 1.82) is 0 Å². The lowest BCUT2D eigenvalue weighted by Crippen LogP contribution is -2.41. The van der Waals surface area contributed by atoms with Gasteiger partial charge in [0, 0.05) is 17.6 Å². The zero-order valence-electron chi connectivity index (χ0n) is 11.5. The number of halogens is 2. The molecule has 3 nitrogen and oxygen atoms in total. The highest BCUT2D eigenvalue weighted by Crippen LogP contribution is 2.18. The van der Waals surface area contributed by atoms with Crippen LogP contribution in [0.4, 0.5) is 4.39 Å². The molecule has 0 amide bonds. The minimum Gasteiger partial charge on any atom is -0.370 e. The van der Waals surface area contributed by atoms with Gasteiger partial charge in [-0.05, 0) is 37.0 Å². The molecule has 0 unspecified atom stereocenters. The number of aliphatic imine (C=N–C) groups is 1. The molecule has 1 saturated carbocycles. The molecule has 0 aromatic heterocycles. The third-order valence-corrected chi connectivity index (χ3v) is 3.99. The van der Waals surface area contributed by atoms with Crippen LogP contribution in [0.5, 0.6) is 0 Å². The van der Waals surface area contributed by atoms with E-state index in [1.807, 2.05) is 0 Å². The van der Waals surface area contributed by atoms with Gasteiger partial charge in [0.1, 0.15) is 5.82 Å². The van der Waals surface area contributed by atoms with Gasteiger partial charge in [-0.3, -0.25) is 4.99 Å². The Bertz CT molecular complexity index is 470. The Balaban J connectivity index is 1.79. The standard InChI is InChI=1S/C15H21ClFN3/c16-14-10-12(17)7-6-11(14)8-9-19-15(18)20-13-4-2-1-3-5-13/h6-7,10,13H,1-5,8-9H2,(H3,18,19,20). The molecule has 0 bridgehead atoms. The third kappa shape index (κ3) is 4.67. The normalized spacial score (nSPS) is 17.2. The zero-order valence-corrected chi connectivity index (χ0v) is 12.3. The lowest BCUT2D eigenvalue weighted by molar-refractivity contribution is 0.412. The summed E-state index contributed by atoms with van der Waals surface area (Å²) in [6, 6.07) is 4.89. The van der Waals surface area contributed by atoms with Crippen LogP contribution in [0.2, 0.25) is 5.02 Å². The first kappa shape index (κ1) is 15.1. The molecule has 3 N–H and O–H groups in total. The fourth-order valence-corrected chi connectivity index (χ4v) is 2.78. The molecule has 1 fully saturated rings. The Morgan fingerprint density at radius 2 is 2.10 bits per heavy atom. The number of nitrogens with zero attached hydrogens (tertiary/aromatic N) is 1. The van der Waals surface area contributed by atoms with E-state index in [4.69, 9.17) is 17.3 Å². The maximum atomic E-state index is 12.9. The van der Waals surface area contributed by atoms with Gasteiger partial charge in [-0.15, -0.1) is 0 Å².